The Balaban J connectivity index is 1.11. The number of fused-ring (bicyclic) bond motifs is 18. The molecule has 60 heavy (non-hydrogen) atoms. The van der Waals surface area contributed by atoms with Crippen LogP contribution in [0.4, 0.5) is 17.1 Å². The van der Waals surface area contributed by atoms with Gasteiger partial charge in [0.2, 0.25) is 0 Å². The van der Waals surface area contributed by atoms with E-state index in [2.05, 4.69) is 201 Å². The van der Waals surface area contributed by atoms with E-state index in [-0.39, 0.29) is 5.41 Å². The molecule has 0 unspecified atom stereocenters. The first kappa shape index (κ1) is 34.6. The van der Waals surface area contributed by atoms with E-state index < -0.39 is 13.5 Å². The van der Waals surface area contributed by atoms with Gasteiger partial charge in [-0.25, -0.2) is 0 Å². The Morgan fingerprint density at radius 1 is 0.433 bits per heavy atom. The Hall–Kier alpha value is -6.22. The van der Waals surface area contributed by atoms with Crippen LogP contribution in [0.2, 0.25) is 0 Å². The van der Waals surface area contributed by atoms with Gasteiger partial charge in [0.05, 0.1) is 16.8 Å². The van der Waals surface area contributed by atoms with Crippen LogP contribution in [0.1, 0.15) is 90.8 Å². The van der Waals surface area contributed by atoms with Gasteiger partial charge in [-0.3, -0.25) is 0 Å². The summed E-state index contributed by atoms with van der Waals surface area (Å²) in [6.07, 6.45) is 6.60. The van der Waals surface area contributed by atoms with Crippen LogP contribution >= 0.6 is 0 Å². The second-order valence-corrected chi connectivity index (χ2v) is 22.2. The second-order valence-electron chi connectivity index (χ2n) is 18.5. The van der Waals surface area contributed by atoms with E-state index >= 15 is 0 Å². The fraction of sp³-hybridized carbons (Fsp3) is 0.172. The molecule has 0 N–H and O–H groups in total. The SMILES string of the molecule is CC1(C)c2ccccc2C2(c3ccccc3N(c3ccc4c(c3)[Si]3(c5ccccc5-c5ccccc53)c3cccc(C5CCCCC5)c3-4)c3ccccc32)c2ccccc21. The predicted octanol–water partition coefficient (Wildman–Crippen LogP) is 11.9. The Kier molecular flexibility index (Phi) is 7.16. The zero-order chi connectivity index (χ0) is 39.8. The summed E-state index contributed by atoms with van der Waals surface area (Å²) in [6, 6.07) is 71.1. The van der Waals surface area contributed by atoms with Crippen LogP contribution < -0.4 is 25.6 Å². The Labute approximate surface area is 355 Å². The maximum Gasteiger partial charge on any atom is 0.182 e. The van der Waals surface area contributed by atoms with E-state index in [1.54, 1.807) is 31.9 Å². The summed E-state index contributed by atoms with van der Waals surface area (Å²) >= 11 is 0. The molecule has 0 aromatic heterocycles. The second kappa shape index (κ2) is 12.4. The van der Waals surface area contributed by atoms with Crippen LogP contribution in [0.5, 0.6) is 0 Å². The minimum absolute atomic E-state index is 0.141. The number of rotatable bonds is 2. The first-order chi connectivity index (χ1) is 29.6. The molecule has 0 amide bonds. The molecule has 1 saturated carbocycles. The summed E-state index contributed by atoms with van der Waals surface area (Å²) in [5.41, 5.74) is 18.8. The number of hydrogen-bond acceptors (Lipinski definition) is 1. The lowest BCUT2D eigenvalue weighted by atomic mass is 9.53. The van der Waals surface area contributed by atoms with E-state index in [1.165, 1.54) is 99.2 Å². The summed E-state index contributed by atoms with van der Waals surface area (Å²) in [5.74, 6) is 0.612. The Morgan fingerprint density at radius 2 is 0.933 bits per heavy atom. The number of anilines is 3. The highest BCUT2D eigenvalue weighted by atomic mass is 28.3. The molecule has 0 bridgehead atoms. The van der Waals surface area contributed by atoms with E-state index in [0.29, 0.717) is 5.92 Å². The van der Waals surface area contributed by atoms with Crippen molar-refractivity contribution in [3.05, 3.63) is 221 Å². The van der Waals surface area contributed by atoms with Crippen molar-refractivity contribution in [2.45, 2.75) is 62.7 Å². The van der Waals surface area contributed by atoms with Crippen molar-refractivity contribution in [1.29, 1.82) is 0 Å². The van der Waals surface area contributed by atoms with Crippen LogP contribution in [0.15, 0.2) is 182 Å². The highest BCUT2D eigenvalue weighted by molar-refractivity contribution is 7.24. The van der Waals surface area contributed by atoms with Gasteiger partial charge < -0.3 is 4.90 Å². The minimum atomic E-state index is -2.70. The van der Waals surface area contributed by atoms with Crippen LogP contribution in [-0.2, 0) is 10.8 Å². The summed E-state index contributed by atoms with van der Waals surface area (Å²) in [6.45, 7) is 4.82. The fourth-order valence-corrected chi connectivity index (χ4v) is 18.9. The van der Waals surface area contributed by atoms with Gasteiger partial charge in [-0.1, -0.05) is 191 Å². The Morgan fingerprint density at radius 3 is 1.53 bits per heavy atom. The molecule has 0 saturated heterocycles. The average molecular weight is 786 g/mol. The maximum atomic E-state index is 2.66. The maximum absolute atomic E-state index is 2.70. The van der Waals surface area contributed by atoms with Crippen molar-refractivity contribution >= 4 is 45.9 Å². The van der Waals surface area contributed by atoms with E-state index in [1.807, 2.05) is 0 Å². The molecule has 2 aliphatic carbocycles. The lowest BCUT2D eigenvalue weighted by Gasteiger charge is -2.52. The van der Waals surface area contributed by atoms with Crippen molar-refractivity contribution < 1.29 is 0 Å². The van der Waals surface area contributed by atoms with Crippen LogP contribution in [0.3, 0.4) is 0 Å². The number of nitrogens with zero attached hydrogens (tertiary/aromatic N) is 1. The third kappa shape index (κ3) is 4.18. The fourth-order valence-electron chi connectivity index (χ4n) is 13.2. The molecule has 3 heterocycles. The van der Waals surface area contributed by atoms with Gasteiger partial charge in [-0.15, -0.1) is 0 Å². The largest absolute Gasteiger partial charge is 0.310 e. The Bertz CT molecular complexity index is 2950. The zero-order valence-electron chi connectivity index (χ0n) is 34.4. The molecule has 288 valence electrons. The highest BCUT2D eigenvalue weighted by Crippen LogP contribution is 2.62. The molecule has 8 aromatic rings. The topological polar surface area (TPSA) is 3.24 Å². The third-order valence-electron chi connectivity index (χ3n) is 15.5. The molecule has 3 aliphatic heterocycles. The molecule has 2 spiro atoms. The van der Waals surface area contributed by atoms with Crippen molar-refractivity contribution in [3.63, 3.8) is 0 Å². The first-order valence-electron chi connectivity index (χ1n) is 22.2. The van der Waals surface area contributed by atoms with Crippen molar-refractivity contribution in [1.82, 2.24) is 0 Å². The zero-order valence-corrected chi connectivity index (χ0v) is 35.4. The molecule has 2 heteroatoms. The quantitative estimate of drug-likeness (QED) is 0.158. The van der Waals surface area contributed by atoms with E-state index in [9.17, 15) is 0 Å². The average Bonchev–Trinajstić information content (AvgIpc) is 3.78. The predicted molar refractivity (Wildman–Crippen MR) is 253 cm³/mol. The smallest absolute Gasteiger partial charge is 0.182 e. The lowest BCUT2D eigenvalue weighted by Crippen LogP contribution is -2.70. The monoisotopic (exact) mass is 785 g/mol. The van der Waals surface area contributed by atoms with E-state index in [0.717, 1.165) is 0 Å². The number of hydrogen-bond donors (Lipinski definition) is 0. The van der Waals surface area contributed by atoms with Gasteiger partial charge in [0, 0.05) is 11.1 Å². The van der Waals surface area contributed by atoms with Gasteiger partial charge >= 0.3 is 0 Å². The number of para-hydroxylation sites is 2. The van der Waals surface area contributed by atoms with Gasteiger partial charge in [0.1, 0.15) is 0 Å². The molecular weight excluding hydrogens is 739 g/mol. The molecule has 0 atom stereocenters. The normalized spacial score (nSPS) is 17.8. The summed E-state index contributed by atoms with van der Waals surface area (Å²) < 4.78 is 0. The van der Waals surface area contributed by atoms with Crippen molar-refractivity contribution in [3.8, 4) is 22.3 Å². The van der Waals surface area contributed by atoms with Crippen LogP contribution in [-0.4, -0.2) is 8.07 Å². The first-order valence-corrected chi connectivity index (χ1v) is 24.2. The van der Waals surface area contributed by atoms with Gasteiger partial charge in [0.15, 0.2) is 8.07 Å². The molecular formula is C58H47NSi. The third-order valence-corrected chi connectivity index (χ3v) is 20.5. The van der Waals surface area contributed by atoms with E-state index in [4.69, 9.17) is 0 Å². The molecule has 0 radical (unpaired) electrons. The molecule has 13 rings (SSSR count). The highest BCUT2D eigenvalue weighted by Gasteiger charge is 2.56. The number of benzene rings is 8. The van der Waals surface area contributed by atoms with Gasteiger partial charge in [0.25, 0.3) is 0 Å². The van der Waals surface area contributed by atoms with Crippen LogP contribution in [0.25, 0.3) is 22.3 Å². The molecule has 1 nitrogen and oxygen atoms in total. The van der Waals surface area contributed by atoms with Crippen molar-refractivity contribution in [2.24, 2.45) is 0 Å². The minimum Gasteiger partial charge on any atom is -0.310 e. The van der Waals surface area contributed by atoms with Gasteiger partial charge in [-0.2, -0.15) is 0 Å². The summed E-state index contributed by atoms with van der Waals surface area (Å²) in [4.78, 5) is 2.61. The van der Waals surface area contributed by atoms with Crippen LogP contribution in [0, 0.1) is 0 Å². The molecule has 1 fully saturated rings. The standard InChI is InChI=1S/C58H47NSi/c1-57(2)44-24-8-10-26-46(44)58(47-27-11-9-25-45(47)57)48-28-12-14-30-50(48)59(51-31-15-13-29-49(51)58)39-35-36-43-55(37-39)60(52-32-16-6-21-41(52)42-22-7-17-33-53(42)60)54-34-18-23-40(56(43)54)38-19-4-3-5-20-38/h6-18,21-38H,3-5,19-20H2,1-2H3. The van der Waals surface area contributed by atoms with Gasteiger partial charge in [-0.05, 0) is 125 Å². The summed E-state index contributed by atoms with van der Waals surface area (Å²) in [7, 11) is -2.70. The molecule has 5 aliphatic rings. The molecule has 8 aromatic carbocycles. The lowest BCUT2D eigenvalue weighted by molar-refractivity contribution is 0.444. The van der Waals surface area contributed by atoms with Crippen molar-refractivity contribution in [2.75, 3.05) is 4.90 Å². The summed E-state index contributed by atoms with van der Waals surface area (Å²) in [5, 5.41) is 6.22.